The van der Waals surface area contributed by atoms with Crippen LogP contribution in [0.25, 0.3) is 0 Å². The van der Waals surface area contributed by atoms with E-state index in [-0.39, 0.29) is 17.0 Å². The molecule has 0 saturated carbocycles. The molecule has 1 fully saturated rings. The van der Waals surface area contributed by atoms with Gasteiger partial charge < -0.3 is 10.2 Å². The summed E-state index contributed by atoms with van der Waals surface area (Å²) in [7, 11) is -3.10. The molecule has 2 rings (SSSR count). The van der Waals surface area contributed by atoms with E-state index < -0.39 is 14.6 Å². The highest BCUT2D eigenvalue weighted by Crippen LogP contribution is 2.26. The van der Waals surface area contributed by atoms with E-state index in [2.05, 4.69) is 5.32 Å². The maximum Gasteiger partial charge on any atom is 0.194 e. The predicted molar refractivity (Wildman–Crippen MR) is 105 cm³/mol. The Bertz CT molecular complexity index is 773. The summed E-state index contributed by atoms with van der Waals surface area (Å²) < 4.78 is 37.2. The molecule has 5 nitrogen and oxygen atoms in total. The van der Waals surface area contributed by atoms with E-state index in [1.54, 1.807) is 26.0 Å². The lowest BCUT2D eigenvalue weighted by Crippen LogP contribution is -2.57. The summed E-state index contributed by atoms with van der Waals surface area (Å²) in [4.78, 5) is 6.75. The number of sulfone groups is 1. The summed E-state index contributed by atoms with van der Waals surface area (Å²) in [5, 5.41) is 3.26. The third kappa shape index (κ3) is 4.55. The number of hydrogen-bond donors (Lipinski definition) is 1. The van der Waals surface area contributed by atoms with Crippen LogP contribution in [0.1, 0.15) is 40.2 Å². The molecule has 0 aliphatic carbocycles. The first-order valence-corrected chi connectivity index (χ1v) is 10.7. The zero-order chi connectivity index (χ0) is 19.6. The second-order valence-electron chi connectivity index (χ2n) is 8.06. The van der Waals surface area contributed by atoms with Crippen LogP contribution < -0.4 is 5.32 Å². The van der Waals surface area contributed by atoms with Gasteiger partial charge in [0.15, 0.2) is 15.8 Å². The van der Waals surface area contributed by atoms with Crippen molar-refractivity contribution in [3.05, 3.63) is 35.6 Å². The highest BCUT2D eigenvalue weighted by Gasteiger charge is 2.41. The van der Waals surface area contributed by atoms with Gasteiger partial charge in [-0.25, -0.2) is 12.8 Å². The third-order valence-corrected chi connectivity index (χ3v) is 7.44. The maximum atomic E-state index is 13.6. The highest BCUT2D eigenvalue weighted by atomic mass is 32.2. The first-order valence-electron chi connectivity index (χ1n) is 9.00. The maximum absolute atomic E-state index is 13.6. The van der Waals surface area contributed by atoms with Gasteiger partial charge in [-0.15, -0.1) is 0 Å². The molecule has 7 heteroatoms. The minimum absolute atomic E-state index is 0.123. The molecule has 0 amide bonds. The molecule has 1 aromatic rings. The summed E-state index contributed by atoms with van der Waals surface area (Å²) >= 11 is 0. The van der Waals surface area contributed by atoms with E-state index >= 15 is 0 Å². The Morgan fingerprint density at radius 2 is 2.08 bits per heavy atom. The SMILES string of the molecule is CCNC(=NCC(C)(C)c1cccc(F)c1)N1CCS(=O)(=O)C(C)(C)C1. The molecule has 26 heavy (non-hydrogen) atoms. The molecule has 1 aliphatic rings. The van der Waals surface area contributed by atoms with E-state index in [1.807, 2.05) is 31.7 Å². The lowest BCUT2D eigenvalue weighted by atomic mass is 9.85. The zero-order valence-electron chi connectivity index (χ0n) is 16.3. The van der Waals surface area contributed by atoms with Gasteiger partial charge in [0.2, 0.25) is 0 Å². The van der Waals surface area contributed by atoms with Crippen molar-refractivity contribution in [2.24, 2.45) is 4.99 Å². The number of nitrogens with zero attached hydrogens (tertiary/aromatic N) is 2. The van der Waals surface area contributed by atoms with Crippen molar-refractivity contribution in [3.8, 4) is 0 Å². The number of aliphatic imine (C=N–C) groups is 1. The number of nitrogens with one attached hydrogen (secondary N) is 1. The molecule has 0 aromatic heterocycles. The molecule has 0 atom stereocenters. The Morgan fingerprint density at radius 1 is 1.38 bits per heavy atom. The van der Waals surface area contributed by atoms with Crippen molar-refractivity contribution in [2.45, 2.75) is 44.8 Å². The van der Waals surface area contributed by atoms with Gasteiger partial charge in [-0.1, -0.05) is 26.0 Å². The molecule has 1 heterocycles. The molecule has 1 aliphatic heterocycles. The Hall–Kier alpha value is -1.63. The largest absolute Gasteiger partial charge is 0.357 e. The van der Waals surface area contributed by atoms with Crippen molar-refractivity contribution in [3.63, 3.8) is 0 Å². The summed E-state index contributed by atoms with van der Waals surface area (Å²) in [6.07, 6.45) is 0. The number of rotatable bonds is 4. The van der Waals surface area contributed by atoms with Gasteiger partial charge in [-0.2, -0.15) is 0 Å². The lowest BCUT2D eigenvalue weighted by molar-refractivity contribution is 0.352. The Balaban J connectivity index is 2.21. The van der Waals surface area contributed by atoms with Gasteiger partial charge in [0.25, 0.3) is 0 Å². The van der Waals surface area contributed by atoms with Crippen LogP contribution in [0.5, 0.6) is 0 Å². The summed E-state index contributed by atoms with van der Waals surface area (Å²) in [6, 6.07) is 6.59. The van der Waals surface area contributed by atoms with E-state index in [0.717, 1.165) is 5.56 Å². The van der Waals surface area contributed by atoms with Gasteiger partial charge in [0.1, 0.15) is 5.82 Å². The first-order chi connectivity index (χ1) is 12.0. The van der Waals surface area contributed by atoms with E-state index in [1.165, 1.54) is 6.07 Å². The highest BCUT2D eigenvalue weighted by molar-refractivity contribution is 7.92. The molecular weight excluding hydrogens is 353 g/mol. The zero-order valence-corrected chi connectivity index (χ0v) is 17.2. The van der Waals surface area contributed by atoms with Gasteiger partial charge >= 0.3 is 0 Å². The van der Waals surface area contributed by atoms with Crippen molar-refractivity contribution in [1.82, 2.24) is 10.2 Å². The fourth-order valence-electron chi connectivity index (χ4n) is 3.02. The van der Waals surface area contributed by atoms with Crippen molar-refractivity contribution < 1.29 is 12.8 Å². The van der Waals surface area contributed by atoms with Crippen molar-refractivity contribution >= 4 is 15.8 Å². The van der Waals surface area contributed by atoms with Crippen molar-refractivity contribution in [1.29, 1.82) is 0 Å². The van der Waals surface area contributed by atoms with Gasteiger partial charge in [-0.05, 0) is 38.5 Å². The molecular formula is C19H30FN3O2S. The monoisotopic (exact) mass is 383 g/mol. The standard InChI is InChI=1S/C19H30FN3O2S/c1-6-21-17(23-10-11-26(24,25)19(4,5)14-23)22-13-18(2,3)15-8-7-9-16(20)12-15/h7-9,12H,6,10-11,13-14H2,1-5H3,(H,21,22). The van der Waals surface area contributed by atoms with Crippen LogP contribution in [0, 0.1) is 5.82 Å². The van der Waals surface area contributed by atoms with Crippen LogP contribution in [-0.4, -0.2) is 56.0 Å². The van der Waals surface area contributed by atoms with E-state index in [4.69, 9.17) is 4.99 Å². The average molecular weight is 384 g/mol. The number of halogens is 1. The first kappa shape index (κ1) is 20.7. The number of hydrogen-bond acceptors (Lipinski definition) is 3. The molecule has 0 unspecified atom stereocenters. The fraction of sp³-hybridized carbons (Fsp3) is 0.632. The van der Waals surface area contributed by atoms with E-state index in [9.17, 15) is 12.8 Å². The Morgan fingerprint density at radius 3 is 2.65 bits per heavy atom. The van der Waals surface area contributed by atoms with Crippen LogP contribution >= 0.6 is 0 Å². The summed E-state index contributed by atoms with van der Waals surface area (Å²) in [6.45, 7) is 11.6. The summed E-state index contributed by atoms with van der Waals surface area (Å²) in [5.74, 6) is 0.576. The van der Waals surface area contributed by atoms with Crippen LogP contribution in [0.3, 0.4) is 0 Å². The average Bonchev–Trinajstić information content (AvgIpc) is 2.54. The quantitative estimate of drug-likeness (QED) is 0.641. The second kappa shape index (κ2) is 7.55. The molecule has 1 N–H and O–H groups in total. The normalized spacial score (nSPS) is 20.1. The lowest BCUT2D eigenvalue weighted by Gasteiger charge is -2.39. The molecule has 0 radical (unpaired) electrons. The number of benzene rings is 1. The Labute approximate surface area is 156 Å². The van der Waals surface area contributed by atoms with Gasteiger partial charge in [0, 0.05) is 25.0 Å². The van der Waals surface area contributed by atoms with Gasteiger partial charge in [0.05, 0.1) is 17.0 Å². The fourth-order valence-corrected chi connectivity index (χ4v) is 4.39. The molecule has 1 saturated heterocycles. The minimum Gasteiger partial charge on any atom is -0.357 e. The smallest absolute Gasteiger partial charge is 0.194 e. The minimum atomic E-state index is -3.10. The van der Waals surface area contributed by atoms with Crippen LogP contribution in [-0.2, 0) is 15.3 Å². The second-order valence-corrected chi connectivity index (χ2v) is 10.8. The van der Waals surface area contributed by atoms with Crippen molar-refractivity contribution in [2.75, 3.05) is 31.9 Å². The van der Waals surface area contributed by atoms with Gasteiger partial charge in [-0.3, -0.25) is 4.99 Å². The number of guanidine groups is 1. The molecule has 0 spiro atoms. The molecule has 0 bridgehead atoms. The van der Waals surface area contributed by atoms with Crippen LogP contribution in [0.2, 0.25) is 0 Å². The topological polar surface area (TPSA) is 61.8 Å². The van der Waals surface area contributed by atoms with Crippen LogP contribution in [0.4, 0.5) is 4.39 Å². The third-order valence-electron chi connectivity index (χ3n) is 4.91. The molecule has 1 aromatic carbocycles. The summed E-state index contributed by atoms with van der Waals surface area (Å²) in [5.41, 5.74) is 0.554. The van der Waals surface area contributed by atoms with E-state index in [0.29, 0.717) is 32.1 Å². The van der Waals surface area contributed by atoms with Crippen LogP contribution in [0.15, 0.2) is 29.3 Å². The Kier molecular flexibility index (Phi) is 6.00. The molecule has 146 valence electrons. The predicted octanol–water partition coefficient (Wildman–Crippen LogP) is 2.58.